The summed E-state index contributed by atoms with van der Waals surface area (Å²) in [7, 11) is -3.65. The van der Waals surface area contributed by atoms with Crippen LogP contribution in [-0.4, -0.2) is 27.6 Å². The molecule has 2 atom stereocenters. The van der Waals surface area contributed by atoms with Gasteiger partial charge in [-0.15, -0.1) is 0 Å². The Morgan fingerprint density at radius 2 is 2.00 bits per heavy atom. The third-order valence-electron chi connectivity index (χ3n) is 4.53. The molecule has 0 aliphatic carbocycles. The summed E-state index contributed by atoms with van der Waals surface area (Å²) in [4.78, 5) is 0.342. The summed E-state index contributed by atoms with van der Waals surface area (Å²) in [5.41, 5.74) is 1.11. The van der Waals surface area contributed by atoms with Gasteiger partial charge in [0.25, 0.3) is 0 Å². The number of nitrogens with one attached hydrogen (secondary N) is 1. The summed E-state index contributed by atoms with van der Waals surface area (Å²) in [6.45, 7) is 1.76. The highest BCUT2D eigenvalue weighted by molar-refractivity contribution is 7.91. The Balaban J connectivity index is 1.76. The average molecular weight is 350 g/mol. The molecule has 2 heterocycles. The van der Waals surface area contributed by atoms with E-state index < -0.39 is 9.84 Å². The van der Waals surface area contributed by atoms with Crippen molar-refractivity contribution in [1.29, 1.82) is 0 Å². The molecule has 2 unspecified atom stereocenters. The molecule has 4 rings (SSSR count). The topological polar surface area (TPSA) is 55.4 Å². The molecule has 0 spiro atoms. The Kier molecular flexibility index (Phi) is 3.59. The van der Waals surface area contributed by atoms with Gasteiger partial charge in [-0.05, 0) is 37.2 Å². The number of sulfone groups is 1. The lowest BCUT2D eigenvalue weighted by Crippen LogP contribution is -2.39. The largest absolute Gasteiger partial charge is 0.488 e. The van der Waals surface area contributed by atoms with Crippen LogP contribution in [0.15, 0.2) is 52.3 Å². The van der Waals surface area contributed by atoms with Gasteiger partial charge in [0.15, 0.2) is 0 Å². The number of benzene rings is 2. The molecule has 0 saturated carbocycles. The quantitative estimate of drug-likeness (QED) is 0.905. The van der Waals surface area contributed by atoms with Crippen molar-refractivity contribution in [2.24, 2.45) is 0 Å². The zero-order valence-electron chi connectivity index (χ0n) is 12.3. The maximum atomic E-state index is 12.8. The van der Waals surface area contributed by atoms with Crippen molar-refractivity contribution in [1.82, 2.24) is 5.32 Å². The predicted molar refractivity (Wildman–Crippen MR) is 88.0 cm³/mol. The second kappa shape index (κ2) is 5.51. The third kappa shape index (κ3) is 2.43. The zero-order valence-corrected chi connectivity index (χ0v) is 13.9. The number of ether oxygens (including phenoxy) is 1. The van der Waals surface area contributed by atoms with Gasteiger partial charge in [0.2, 0.25) is 9.84 Å². The van der Waals surface area contributed by atoms with Crippen LogP contribution in [0.4, 0.5) is 0 Å². The number of hydrogen-bond donors (Lipinski definition) is 1. The first kappa shape index (κ1) is 15.0. The Bertz CT molecular complexity index is 866. The van der Waals surface area contributed by atoms with Gasteiger partial charge in [-0.3, -0.25) is 0 Å². The standard InChI is InChI=1S/C17H16ClNO3S/c18-14-3-1-2-4-17(14)23(20,21)11-5-6-12-13-7-8-19-10-16(13)22-15(12)9-11/h1-6,9,13,16,19H,7-8,10H2. The molecular formula is C17H16ClNO3S. The highest BCUT2D eigenvalue weighted by atomic mass is 35.5. The average Bonchev–Trinajstić information content (AvgIpc) is 2.92. The van der Waals surface area contributed by atoms with Crippen LogP contribution in [0.5, 0.6) is 5.75 Å². The van der Waals surface area contributed by atoms with E-state index in [1.54, 1.807) is 30.3 Å². The van der Waals surface area contributed by atoms with Crippen molar-refractivity contribution in [3.05, 3.63) is 53.1 Å². The van der Waals surface area contributed by atoms with Gasteiger partial charge in [0, 0.05) is 18.0 Å². The fraction of sp³-hybridized carbons (Fsp3) is 0.294. The smallest absolute Gasteiger partial charge is 0.208 e. The van der Waals surface area contributed by atoms with E-state index in [0.717, 1.165) is 25.1 Å². The first-order chi connectivity index (χ1) is 11.1. The molecule has 2 aliphatic heterocycles. The molecule has 2 aliphatic rings. The molecule has 2 aromatic rings. The molecule has 2 aromatic carbocycles. The van der Waals surface area contributed by atoms with E-state index in [9.17, 15) is 8.42 Å². The second-order valence-corrected chi connectivity index (χ2v) is 8.21. The first-order valence-corrected chi connectivity index (χ1v) is 9.44. The van der Waals surface area contributed by atoms with Crippen LogP contribution in [0.3, 0.4) is 0 Å². The van der Waals surface area contributed by atoms with Gasteiger partial charge in [0.05, 0.1) is 14.8 Å². The van der Waals surface area contributed by atoms with E-state index in [0.29, 0.717) is 11.7 Å². The molecule has 23 heavy (non-hydrogen) atoms. The Morgan fingerprint density at radius 1 is 1.17 bits per heavy atom. The molecule has 0 aromatic heterocycles. The van der Waals surface area contributed by atoms with Gasteiger partial charge in [0.1, 0.15) is 11.9 Å². The molecule has 1 fully saturated rings. The van der Waals surface area contributed by atoms with Crippen LogP contribution in [-0.2, 0) is 9.84 Å². The van der Waals surface area contributed by atoms with Crippen LogP contribution in [0, 0.1) is 0 Å². The fourth-order valence-electron chi connectivity index (χ4n) is 3.35. The van der Waals surface area contributed by atoms with Crippen molar-refractivity contribution in [2.45, 2.75) is 28.2 Å². The number of hydrogen-bond acceptors (Lipinski definition) is 4. The van der Waals surface area contributed by atoms with Crippen molar-refractivity contribution in [2.75, 3.05) is 13.1 Å². The highest BCUT2D eigenvalue weighted by Gasteiger charge is 2.37. The summed E-state index contributed by atoms with van der Waals surface area (Å²) in [5.74, 6) is 1.03. The van der Waals surface area contributed by atoms with Crippen LogP contribution >= 0.6 is 11.6 Å². The lowest BCUT2D eigenvalue weighted by atomic mass is 9.90. The molecular weight excluding hydrogens is 334 g/mol. The van der Waals surface area contributed by atoms with E-state index in [1.807, 2.05) is 6.07 Å². The summed E-state index contributed by atoms with van der Waals surface area (Å²) in [6.07, 6.45) is 1.10. The number of rotatable bonds is 2. The molecule has 6 heteroatoms. The minimum Gasteiger partial charge on any atom is -0.488 e. The van der Waals surface area contributed by atoms with E-state index in [2.05, 4.69) is 5.32 Å². The Labute approximate surface area is 140 Å². The first-order valence-electron chi connectivity index (χ1n) is 7.58. The Hall–Kier alpha value is -1.56. The SMILES string of the molecule is O=S(=O)(c1ccc2c(c1)OC1CNCCC21)c1ccccc1Cl. The molecule has 1 saturated heterocycles. The van der Waals surface area contributed by atoms with Crippen molar-refractivity contribution in [3.8, 4) is 5.75 Å². The summed E-state index contributed by atoms with van der Waals surface area (Å²) < 4.78 is 31.6. The fourth-order valence-corrected chi connectivity index (χ4v) is 5.14. The number of piperidine rings is 1. The van der Waals surface area contributed by atoms with Gasteiger partial charge in [-0.2, -0.15) is 0 Å². The van der Waals surface area contributed by atoms with E-state index in [-0.39, 0.29) is 20.9 Å². The maximum Gasteiger partial charge on any atom is 0.208 e. The zero-order chi connectivity index (χ0) is 16.0. The molecule has 4 nitrogen and oxygen atoms in total. The van der Waals surface area contributed by atoms with E-state index >= 15 is 0 Å². The molecule has 0 radical (unpaired) electrons. The lowest BCUT2D eigenvalue weighted by molar-refractivity contribution is 0.176. The second-order valence-electron chi connectivity index (χ2n) is 5.89. The maximum absolute atomic E-state index is 12.8. The Morgan fingerprint density at radius 3 is 2.83 bits per heavy atom. The highest BCUT2D eigenvalue weighted by Crippen LogP contribution is 2.43. The molecule has 120 valence electrons. The predicted octanol–water partition coefficient (Wildman–Crippen LogP) is 3.01. The third-order valence-corrected chi connectivity index (χ3v) is 6.78. The van der Waals surface area contributed by atoms with E-state index in [1.165, 1.54) is 6.07 Å². The van der Waals surface area contributed by atoms with Crippen LogP contribution < -0.4 is 10.1 Å². The number of fused-ring (bicyclic) bond motifs is 3. The van der Waals surface area contributed by atoms with Crippen LogP contribution in [0.1, 0.15) is 17.9 Å². The summed E-state index contributed by atoms with van der Waals surface area (Å²) in [6, 6.07) is 11.7. The van der Waals surface area contributed by atoms with Gasteiger partial charge in [-0.25, -0.2) is 8.42 Å². The monoisotopic (exact) mass is 349 g/mol. The van der Waals surface area contributed by atoms with Crippen molar-refractivity contribution < 1.29 is 13.2 Å². The lowest BCUT2D eigenvalue weighted by Gasteiger charge is -2.24. The summed E-state index contributed by atoms with van der Waals surface area (Å²) in [5, 5.41) is 3.54. The molecule has 1 N–H and O–H groups in total. The van der Waals surface area contributed by atoms with Gasteiger partial charge < -0.3 is 10.1 Å². The number of halogens is 1. The molecule has 0 bridgehead atoms. The van der Waals surface area contributed by atoms with Crippen molar-refractivity contribution >= 4 is 21.4 Å². The van der Waals surface area contributed by atoms with Crippen molar-refractivity contribution in [3.63, 3.8) is 0 Å². The molecule has 0 amide bonds. The van der Waals surface area contributed by atoms with Crippen LogP contribution in [0.25, 0.3) is 0 Å². The normalized spacial score (nSPS) is 23.0. The van der Waals surface area contributed by atoms with E-state index in [4.69, 9.17) is 16.3 Å². The summed E-state index contributed by atoms with van der Waals surface area (Å²) >= 11 is 6.06. The van der Waals surface area contributed by atoms with Gasteiger partial charge in [-0.1, -0.05) is 29.8 Å². The van der Waals surface area contributed by atoms with Gasteiger partial charge >= 0.3 is 0 Å². The minimum absolute atomic E-state index is 0.0945. The van der Waals surface area contributed by atoms with Crippen LogP contribution in [0.2, 0.25) is 5.02 Å². The minimum atomic E-state index is -3.65.